The van der Waals surface area contributed by atoms with Crippen molar-refractivity contribution in [3.05, 3.63) is 59.9 Å². The van der Waals surface area contributed by atoms with E-state index in [1.165, 1.54) is 6.21 Å². The molecular formula is C20H24N6O4. The van der Waals surface area contributed by atoms with Crippen LogP contribution in [0.2, 0.25) is 0 Å². The van der Waals surface area contributed by atoms with Crippen LogP contribution in [0.25, 0.3) is 0 Å². The van der Waals surface area contributed by atoms with Gasteiger partial charge in [-0.15, -0.1) is 0 Å². The summed E-state index contributed by atoms with van der Waals surface area (Å²) in [4.78, 5) is 40.2. The summed E-state index contributed by atoms with van der Waals surface area (Å²) in [5.41, 5.74) is 1.98. The number of benzene rings is 1. The van der Waals surface area contributed by atoms with Crippen molar-refractivity contribution in [3.8, 4) is 0 Å². The summed E-state index contributed by atoms with van der Waals surface area (Å²) in [7, 11) is 0. The van der Waals surface area contributed by atoms with Gasteiger partial charge in [-0.25, -0.2) is 4.79 Å². The molecule has 158 valence electrons. The Morgan fingerprint density at radius 3 is 2.63 bits per heavy atom. The number of carbonyl (C=O) groups excluding carboxylic acids is 3. The molecule has 0 bridgehead atoms. The Bertz CT molecular complexity index is 871. The number of nitrogens with two attached hydrogens (primary N) is 1. The number of amides is 3. The number of nitrogens with zero attached hydrogens (tertiary/aromatic N) is 2. The van der Waals surface area contributed by atoms with Gasteiger partial charge in [-0.05, 0) is 36.2 Å². The second-order valence-electron chi connectivity index (χ2n) is 6.12. The molecule has 1 atom stereocenters. The lowest BCUT2D eigenvalue weighted by atomic mass is 10.1. The number of urea groups is 1. The zero-order valence-corrected chi connectivity index (χ0v) is 16.5. The van der Waals surface area contributed by atoms with Crippen LogP contribution in [0, 0.1) is 0 Å². The van der Waals surface area contributed by atoms with Gasteiger partial charge >= 0.3 is 12.0 Å². The normalized spacial score (nSPS) is 11.5. The standard InChI is InChI=1S/C20H24N6O4/c1-2-30-19(28)10-17(15-4-3-9-22-12-15)26-18(27)13-23-20(29)25-16-7-5-14(6-8-16)11-24-21/h3-9,11-12,17H,2,10,13,21H2,1H3,(H,26,27)(H2,23,25,29). The molecule has 5 N–H and O–H groups in total. The number of pyridine rings is 1. The van der Waals surface area contributed by atoms with Crippen molar-refractivity contribution in [2.75, 3.05) is 18.5 Å². The first-order valence-corrected chi connectivity index (χ1v) is 9.25. The van der Waals surface area contributed by atoms with Gasteiger partial charge in [0.05, 0.1) is 31.8 Å². The molecule has 1 heterocycles. The van der Waals surface area contributed by atoms with Crippen LogP contribution in [0.1, 0.15) is 30.5 Å². The summed E-state index contributed by atoms with van der Waals surface area (Å²) in [5, 5.41) is 11.2. The van der Waals surface area contributed by atoms with Crippen molar-refractivity contribution >= 4 is 29.8 Å². The van der Waals surface area contributed by atoms with Crippen molar-refractivity contribution in [1.29, 1.82) is 0 Å². The van der Waals surface area contributed by atoms with Crippen LogP contribution in [0.3, 0.4) is 0 Å². The van der Waals surface area contributed by atoms with E-state index >= 15 is 0 Å². The van der Waals surface area contributed by atoms with E-state index in [0.717, 1.165) is 5.56 Å². The molecule has 0 saturated carbocycles. The third-order valence-corrected chi connectivity index (χ3v) is 3.90. The van der Waals surface area contributed by atoms with Gasteiger partial charge < -0.3 is 26.5 Å². The zero-order chi connectivity index (χ0) is 21.8. The van der Waals surface area contributed by atoms with Crippen LogP contribution in [0.4, 0.5) is 10.5 Å². The molecule has 0 saturated heterocycles. The molecule has 0 spiro atoms. The third-order valence-electron chi connectivity index (χ3n) is 3.90. The van der Waals surface area contributed by atoms with Crippen LogP contribution in [-0.4, -0.2) is 42.3 Å². The molecule has 0 aliphatic heterocycles. The Balaban J connectivity index is 1.88. The number of ether oxygens (including phenoxy) is 1. The first-order valence-electron chi connectivity index (χ1n) is 9.25. The lowest BCUT2D eigenvalue weighted by Crippen LogP contribution is -2.40. The van der Waals surface area contributed by atoms with E-state index in [-0.39, 0.29) is 19.6 Å². The van der Waals surface area contributed by atoms with Crippen molar-refractivity contribution < 1.29 is 19.1 Å². The number of hydrazone groups is 1. The lowest BCUT2D eigenvalue weighted by molar-refractivity contribution is -0.143. The smallest absolute Gasteiger partial charge is 0.319 e. The number of rotatable bonds is 9. The molecule has 0 fully saturated rings. The molecule has 1 aromatic heterocycles. The quantitative estimate of drug-likeness (QED) is 0.211. The average molecular weight is 412 g/mol. The lowest BCUT2D eigenvalue weighted by Gasteiger charge is -2.18. The largest absolute Gasteiger partial charge is 0.466 e. The van der Waals surface area contributed by atoms with Crippen molar-refractivity contribution in [1.82, 2.24) is 15.6 Å². The fraction of sp³-hybridized carbons (Fsp3) is 0.250. The van der Waals surface area contributed by atoms with Crippen molar-refractivity contribution in [2.24, 2.45) is 10.9 Å². The molecule has 3 amide bonds. The highest BCUT2D eigenvalue weighted by Gasteiger charge is 2.19. The summed E-state index contributed by atoms with van der Waals surface area (Å²) in [5.74, 6) is 4.18. The number of aromatic nitrogens is 1. The van der Waals surface area contributed by atoms with Gasteiger partial charge in [-0.3, -0.25) is 14.6 Å². The highest BCUT2D eigenvalue weighted by atomic mass is 16.5. The highest BCUT2D eigenvalue weighted by molar-refractivity contribution is 5.92. The highest BCUT2D eigenvalue weighted by Crippen LogP contribution is 2.16. The minimum absolute atomic E-state index is 0.0457. The topological polar surface area (TPSA) is 148 Å². The van der Waals surface area contributed by atoms with Crippen LogP contribution < -0.4 is 21.8 Å². The number of hydrogen-bond donors (Lipinski definition) is 4. The van der Waals surface area contributed by atoms with E-state index in [1.54, 1.807) is 55.7 Å². The fourth-order valence-corrected chi connectivity index (χ4v) is 2.54. The number of anilines is 1. The molecule has 1 unspecified atom stereocenters. The van der Waals surface area contributed by atoms with Gasteiger partial charge in [0.25, 0.3) is 0 Å². The Kier molecular flexibility index (Phi) is 8.78. The Morgan fingerprint density at radius 1 is 1.23 bits per heavy atom. The van der Waals surface area contributed by atoms with Gasteiger partial charge in [-0.1, -0.05) is 18.2 Å². The Hall–Kier alpha value is -3.95. The molecule has 10 nitrogen and oxygen atoms in total. The maximum atomic E-state index is 12.3. The Labute approximate surface area is 173 Å². The van der Waals surface area contributed by atoms with E-state index in [1.807, 2.05) is 0 Å². The molecular weight excluding hydrogens is 388 g/mol. The predicted octanol–water partition coefficient (Wildman–Crippen LogP) is 1.31. The maximum Gasteiger partial charge on any atom is 0.319 e. The molecule has 10 heteroatoms. The van der Waals surface area contributed by atoms with E-state index < -0.39 is 23.9 Å². The number of esters is 1. The second-order valence-corrected chi connectivity index (χ2v) is 6.12. The number of nitrogens with one attached hydrogen (secondary N) is 3. The zero-order valence-electron chi connectivity index (χ0n) is 16.5. The van der Waals surface area contributed by atoms with Crippen LogP contribution in [-0.2, 0) is 14.3 Å². The summed E-state index contributed by atoms with van der Waals surface area (Å²) in [6.07, 6.45) is 4.58. The molecule has 2 aromatic rings. The van der Waals surface area contributed by atoms with Gasteiger partial charge in [0.1, 0.15) is 0 Å². The summed E-state index contributed by atoms with van der Waals surface area (Å²) < 4.78 is 4.96. The van der Waals surface area contributed by atoms with Gasteiger partial charge in [0.15, 0.2) is 0 Å². The maximum absolute atomic E-state index is 12.3. The molecule has 0 aliphatic rings. The third kappa shape index (κ3) is 7.58. The average Bonchev–Trinajstić information content (AvgIpc) is 2.74. The van der Waals surface area contributed by atoms with E-state index in [4.69, 9.17) is 10.6 Å². The molecule has 0 radical (unpaired) electrons. The molecule has 30 heavy (non-hydrogen) atoms. The van der Waals surface area contributed by atoms with E-state index in [9.17, 15) is 14.4 Å². The van der Waals surface area contributed by atoms with Gasteiger partial charge in [0, 0.05) is 18.1 Å². The fourth-order valence-electron chi connectivity index (χ4n) is 2.54. The van der Waals surface area contributed by atoms with Crippen molar-refractivity contribution in [3.63, 3.8) is 0 Å². The first-order chi connectivity index (χ1) is 14.5. The van der Waals surface area contributed by atoms with Crippen LogP contribution in [0.15, 0.2) is 53.9 Å². The number of carbonyl (C=O) groups is 3. The first kappa shape index (κ1) is 22.3. The number of hydrogen-bond acceptors (Lipinski definition) is 7. The van der Waals surface area contributed by atoms with Crippen LogP contribution >= 0.6 is 0 Å². The van der Waals surface area contributed by atoms with Gasteiger partial charge in [-0.2, -0.15) is 5.10 Å². The Morgan fingerprint density at radius 2 is 2.00 bits per heavy atom. The van der Waals surface area contributed by atoms with Gasteiger partial charge in [0.2, 0.25) is 5.91 Å². The van der Waals surface area contributed by atoms with E-state index in [0.29, 0.717) is 11.3 Å². The molecule has 1 aromatic carbocycles. The van der Waals surface area contributed by atoms with E-state index in [2.05, 4.69) is 26.0 Å². The second kappa shape index (κ2) is 11.8. The molecule has 2 rings (SSSR count). The minimum atomic E-state index is -0.619. The van der Waals surface area contributed by atoms with Crippen molar-refractivity contribution in [2.45, 2.75) is 19.4 Å². The molecule has 0 aliphatic carbocycles. The SMILES string of the molecule is CCOC(=O)CC(NC(=O)CNC(=O)Nc1ccc(C=NN)cc1)c1cccnc1. The minimum Gasteiger partial charge on any atom is -0.466 e. The summed E-state index contributed by atoms with van der Waals surface area (Å²) in [6.45, 7) is 1.68. The summed E-state index contributed by atoms with van der Waals surface area (Å²) in [6, 6.07) is 9.09. The predicted molar refractivity (Wildman–Crippen MR) is 112 cm³/mol. The summed E-state index contributed by atoms with van der Waals surface area (Å²) >= 11 is 0. The monoisotopic (exact) mass is 412 g/mol. The van der Waals surface area contributed by atoms with Crippen LogP contribution in [0.5, 0.6) is 0 Å².